The van der Waals surface area contributed by atoms with Crippen molar-refractivity contribution in [1.82, 2.24) is 0 Å². The Morgan fingerprint density at radius 2 is 1.64 bits per heavy atom. The van der Waals surface area contributed by atoms with Gasteiger partial charge < -0.3 is 18.6 Å². The summed E-state index contributed by atoms with van der Waals surface area (Å²) >= 11 is 0. The lowest BCUT2D eigenvalue weighted by Gasteiger charge is -2.08. The molecule has 0 aliphatic heterocycles. The summed E-state index contributed by atoms with van der Waals surface area (Å²) in [5.74, 6) is -0.406. The van der Waals surface area contributed by atoms with Gasteiger partial charge >= 0.3 is 17.9 Å². The molecule has 0 saturated carbocycles. The van der Waals surface area contributed by atoms with Crippen molar-refractivity contribution in [3.8, 4) is 0 Å². The van der Waals surface area contributed by atoms with Gasteiger partial charge in [-0.3, -0.25) is 14.4 Å². The Morgan fingerprint density at radius 1 is 0.960 bits per heavy atom. The Bertz CT molecular complexity index is 520. The lowest BCUT2D eigenvalue weighted by molar-refractivity contribution is -0.154. The smallest absolute Gasteiger partial charge is 0.308 e. The number of carbonyl (C=O) groups is 3. The zero-order valence-corrected chi connectivity index (χ0v) is 14.8. The molecule has 0 aromatic carbocycles. The molecule has 1 aromatic rings. The van der Waals surface area contributed by atoms with Crippen molar-refractivity contribution in [2.75, 3.05) is 19.8 Å². The molecule has 25 heavy (non-hydrogen) atoms. The molecule has 0 spiro atoms. The van der Waals surface area contributed by atoms with Gasteiger partial charge in [-0.25, -0.2) is 0 Å². The highest BCUT2D eigenvalue weighted by molar-refractivity contribution is 5.71. The molecule has 0 atom stereocenters. The summed E-state index contributed by atoms with van der Waals surface area (Å²) in [4.78, 5) is 34.2. The van der Waals surface area contributed by atoms with Crippen molar-refractivity contribution < 1.29 is 33.0 Å². The standard InChI is InChI=1S/C18H26O7/c1-14(2)18(21)25-13-12-24-16(19)7-3-4-10-23-17(20)9-8-15-6-5-11-22-15/h5-6,11,14H,3-4,7-10,12-13H2,1-2H3. The predicted octanol–water partition coefficient (Wildman–Crippen LogP) is 2.67. The average Bonchev–Trinajstić information content (AvgIpc) is 3.09. The van der Waals surface area contributed by atoms with E-state index < -0.39 is 0 Å². The first-order valence-corrected chi connectivity index (χ1v) is 8.49. The van der Waals surface area contributed by atoms with Crippen LogP contribution in [0.1, 0.15) is 45.3 Å². The van der Waals surface area contributed by atoms with E-state index in [2.05, 4.69) is 0 Å². The van der Waals surface area contributed by atoms with Crippen LogP contribution in [0.3, 0.4) is 0 Å². The minimum absolute atomic E-state index is 0.0546. The van der Waals surface area contributed by atoms with Crippen molar-refractivity contribution in [3.63, 3.8) is 0 Å². The number of furan rings is 1. The van der Waals surface area contributed by atoms with Gasteiger partial charge in [-0.05, 0) is 25.0 Å². The molecule has 140 valence electrons. The lowest BCUT2D eigenvalue weighted by atomic mass is 10.2. The summed E-state index contributed by atoms with van der Waals surface area (Å²) in [6.45, 7) is 3.86. The van der Waals surface area contributed by atoms with E-state index in [9.17, 15) is 14.4 Å². The van der Waals surface area contributed by atoms with Crippen LogP contribution < -0.4 is 0 Å². The fraction of sp³-hybridized carbons (Fsp3) is 0.611. The van der Waals surface area contributed by atoms with Gasteiger partial charge in [-0.15, -0.1) is 0 Å². The minimum Gasteiger partial charge on any atom is -0.469 e. The van der Waals surface area contributed by atoms with E-state index in [0.717, 1.165) is 5.76 Å². The van der Waals surface area contributed by atoms with Crippen LogP contribution in [0.2, 0.25) is 0 Å². The SMILES string of the molecule is CC(C)C(=O)OCCOC(=O)CCCCOC(=O)CCc1ccco1. The molecule has 1 aromatic heterocycles. The van der Waals surface area contributed by atoms with Gasteiger partial charge in [0.25, 0.3) is 0 Å². The Kier molecular flexibility index (Phi) is 10.0. The summed E-state index contributed by atoms with van der Waals surface area (Å²) in [7, 11) is 0. The molecule has 0 aliphatic rings. The summed E-state index contributed by atoms with van der Waals surface area (Å²) in [5.41, 5.74) is 0. The first-order chi connectivity index (χ1) is 12.0. The first kappa shape index (κ1) is 20.7. The van der Waals surface area contributed by atoms with Crippen LogP contribution in [-0.4, -0.2) is 37.7 Å². The number of carbonyl (C=O) groups excluding carboxylic acids is 3. The fourth-order valence-electron chi connectivity index (χ4n) is 1.85. The Morgan fingerprint density at radius 3 is 2.32 bits per heavy atom. The molecule has 0 saturated heterocycles. The first-order valence-electron chi connectivity index (χ1n) is 8.49. The Hall–Kier alpha value is -2.31. The Balaban J connectivity index is 1.93. The van der Waals surface area contributed by atoms with Crippen molar-refractivity contribution in [2.45, 2.75) is 46.0 Å². The number of hydrogen-bond acceptors (Lipinski definition) is 7. The quantitative estimate of drug-likeness (QED) is 0.324. The zero-order chi connectivity index (χ0) is 18.5. The van der Waals surface area contributed by atoms with E-state index in [1.807, 2.05) is 6.07 Å². The van der Waals surface area contributed by atoms with Crippen molar-refractivity contribution in [1.29, 1.82) is 0 Å². The molecule has 7 nitrogen and oxygen atoms in total. The van der Waals surface area contributed by atoms with Gasteiger partial charge in [0.1, 0.15) is 19.0 Å². The summed E-state index contributed by atoms with van der Waals surface area (Å²) < 4.78 is 20.0. The third-order valence-corrected chi connectivity index (χ3v) is 3.26. The minimum atomic E-state index is -0.357. The van der Waals surface area contributed by atoms with Gasteiger partial charge in [-0.1, -0.05) is 13.8 Å². The van der Waals surface area contributed by atoms with Crippen LogP contribution >= 0.6 is 0 Å². The van der Waals surface area contributed by atoms with Crippen LogP contribution in [0, 0.1) is 5.92 Å². The van der Waals surface area contributed by atoms with E-state index in [1.165, 1.54) is 0 Å². The summed E-state index contributed by atoms with van der Waals surface area (Å²) in [5, 5.41) is 0. The summed E-state index contributed by atoms with van der Waals surface area (Å²) in [6.07, 6.45) is 3.74. The van der Waals surface area contributed by atoms with Crippen molar-refractivity contribution in [2.24, 2.45) is 5.92 Å². The van der Waals surface area contributed by atoms with E-state index >= 15 is 0 Å². The monoisotopic (exact) mass is 354 g/mol. The van der Waals surface area contributed by atoms with E-state index in [4.69, 9.17) is 18.6 Å². The van der Waals surface area contributed by atoms with E-state index in [0.29, 0.717) is 19.3 Å². The van der Waals surface area contributed by atoms with Crippen molar-refractivity contribution in [3.05, 3.63) is 24.2 Å². The number of rotatable bonds is 12. The van der Waals surface area contributed by atoms with Crippen LogP contribution in [-0.2, 0) is 35.0 Å². The van der Waals surface area contributed by atoms with Crippen LogP contribution in [0.5, 0.6) is 0 Å². The summed E-state index contributed by atoms with van der Waals surface area (Å²) in [6, 6.07) is 3.58. The number of aryl methyl sites for hydroxylation is 1. The third kappa shape index (κ3) is 10.2. The number of unbranched alkanes of at least 4 members (excludes halogenated alkanes) is 1. The van der Waals surface area contributed by atoms with Gasteiger partial charge in [0.05, 0.1) is 25.2 Å². The van der Waals surface area contributed by atoms with E-state index in [1.54, 1.807) is 26.2 Å². The number of hydrogen-bond donors (Lipinski definition) is 0. The topological polar surface area (TPSA) is 92.0 Å². The average molecular weight is 354 g/mol. The molecule has 0 aliphatic carbocycles. The second kappa shape index (κ2) is 12.1. The van der Waals surface area contributed by atoms with Gasteiger partial charge in [0.15, 0.2) is 0 Å². The van der Waals surface area contributed by atoms with Crippen molar-refractivity contribution >= 4 is 17.9 Å². The molecule has 0 radical (unpaired) electrons. The molecule has 0 N–H and O–H groups in total. The maximum Gasteiger partial charge on any atom is 0.308 e. The van der Waals surface area contributed by atoms with Gasteiger partial charge in [0, 0.05) is 12.8 Å². The largest absolute Gasteiger partial charge is 0.469 e. The second-order valence-corrected chi connectivity index (χ2v) is 5.80. The fourth-order valence-corrected chi connectivity index (χ4v) is 1.85. The highest BCUT2D eigenvalue weighted by atomic mass is 16.6. The maximum atomic E-state index is 11.5. The normalized spacial score (nSPS) is 10.5. The van der Waals surface area contributed by atoms with Gasteiger partial charge in [-0.2, -0.15) is 0 Å². The number of esters is 3. The zero-order valence-electron chi connectivity index (χ0n) is 14.8. The highest BCUT2D eigenvalue weighted by Gasteiger charge is 2.09. The third-order valence-electron chi connectivity index (χ3n) is 3.26. The molecule has 0 unspecified atom stereocenters. The Labute approximate surface area is 147 Å². The molecular formula is C18H26O7. The van der Waals surface area contributed by atoms with Crippen LogP contribution in [0.25, 0.3) is 0 Å². The van der Waals surface area contributed by atoms with Crippen LogP contribution in [0.15, 0.2) is 22.8 Å². The maximum absolute atomic E-state index is 11.5. The predicted molar refractivity (Wildman–Crippen MR) is 88.6 cm³/mol. The number of ether oxygens (including phenoxy) is 3. The molecule has 1 rings (SSSR count). The molecule has 7 heteroatoms. The molecular weight excluding hydrogens is 328 g/mol. The lowest BCUT2D eigenvalue weighted by Crippen LogP contribution is -2.17. The molecule has 1 heterocycles. The van der Waals surface area contributed by atoms with E-state index in [-0.39, 0.29) is 56.5 Å². The molecule has 0 amide bonds. The highest BCUT2D eigenvalue weighted by Crippen LogP contribution is 2.05. The van der Waals surface area contributed by atoms with Gasteiger partial charge in [0.2, 0.25) is 0 Å². The second-order valence-electron chi connectivity index (χ2n) is 5.80. The van der Waals surface area contributed by atoms with Crippen LogP contribution in [0.4, 0.5) is 0 Å². The molecule has 0 fully saturated rings. The molecule has 0 bridgehead atoms.